The minimum absolute atomic E-state index is 0.141. The number of anilines is 1. The Bertz CT molecular complexity index is 837. The summed E-state index contributed by atoms with van der Waals surface area (Å²) in [6, 6.07) is 6.21. The normalized spacial score (nSPS) is 11.0. The molecule has 0 saturated carbocycles. The van der Waals surface area contributed by atoms with Gasteiger partial charge < -0.3 is 10.1 Å². The molecule has 3 aromatic rings. The van der Waals surface area contributed by atoms with Crippen LogP contribution in [0.4, 0.5) is 10.2 Å². The standard InChI is InChI=1S/C15H15FN6O/c1-8(2)17-13-11-14(20-15(19-13)23-3)22-21-12(18-11)9-4-6-10(16)7-5-9/h4-8H,1-3H3,(H,17,19,20,22). The fraction of sp³-hybridized carbons (Fsp3) is 0.267. The van der Waals surface area contributed by atoms with E-state index < -0.39 is 0 Å². The minimum Gasteiger partial charge on any atom is -0.467 e. The highest BCUT2D eigenvalue weighted by atomic mass is 19.1. The maximum atomic E-state index is 13.0. The van der Waals surface area contributed by atoms with E-state index in [2.05, 4.69) is 30.5 Å². The predicted octanol–water partition coefficient (Wildman–Crippen LogP) is 2.45. The third-order valence-corrected chi connectivity index (χ3v) is 3.01. The summed E-state index contributed by atoms with van der Waals surface area (Å²) in [6.07, 6.45) is 0. The maximum absolute atomic E-state index is 13.0. The highest BCUT2D eigenvalue weighted by Crippen LogP contribution is 2.23. The Morgan fingerprint density at radius 1 is 1.04 bits per heavy atom. The number of nitrogens with one attached hydrogen (secondary N) is 1. The second-order valence-electron chi connectivity index (χ2n) is 5.17. The van der Waals surface area contributed by atoms with Gasteiger partial charge in [0.1, 0.15) is 5.82 Å². The number of rotatable bonds is 4. The summed E-state index contributed by atoms with van der Waals surface area (Å²) in [5.41, 5.74) is 1.46. The topological polar surface area (TPSA) is 85.7 Å². The summed E-state index contributed by atoms with van der Waals surface area (Å²) in [5, 5.41) is 11.3. The lowest BCUT2D eigenvalue weighted by atomic mass is 10.2. The van der Waals surface area contributed by atoms with Crippen LogP contribution in [0.15, 0.2) is 24.3 Å². The molecule has 8 heteroatoms. The monoisotopic (exact) mass is 314 g/mol. The predicted molar refractivity (Wildman–Crippen MR) is 83.6 cm³/mol. The average Bonchev–Trinajstić information content (AvgIpc) is 2.54. The van der Waals surface area contributed by atoms with Gasteiger partial charge in [-0.05, 0) is 38.1 Å². The third kappa shape index (κ3) is 3.15. The van der Waals surface area contributed by atoms with E-state index in [1.165, 1.54) is 19.2 Å². The first-order valence-electron chi connectivity index (χ1n) is 7.05. The maximum Gasteiger partial charge on any atom is 0.320 e. The molecule has 0 aliphatic heterocycles. The summed E-state index contributed by atoms with van der Waals surface area (Å²) in [6.45, 7) is 3.96. The fourth-order valence-corrected chi connectivity index (χ4v) is 2.01. The van der Waals surface area contributed by atoms with Crippen LogP contribution in [-0.2, 0) is 0 Å². The molecule has 0 aliphatic carbocycles. The second kappa shape index (κ2) is 6.07. The van der Waals surface area contributed by atoms with Gasteiger partial charge in [0.15, 0.2) is 17.2 Å². The summed E-state index contributed by atoms with van der Waals surface area (Å²) < 4.78 is 18.1. The number of halogens is 1. The number of methoxy groups -OCH3 is 1. The highest BCUT2D eigenvalue weighted by Gasteiger charge is 2.14. The summed E-state index contributed by atoms with van der Waals surface area (Å²) >= 11 is 0. The van der Waals surface area contributed by atoms with Crippen LogP contribution in [0.1, 0.15) is 13.8 Å². The van der Waals surface area contributed by atoms with Gasteiger partial charge in [-0.3, -0.25) is 0 Å². The minimum atomic E-state index is -0.322. The van der Waals surface area contributed by atoms with Crippen molar-refractivity contribution in [1.82, 2.24) is 25.1 Å². The van der Waals surface area contributed by atoms with Gasteiger partial charge in [0, 0.05) is 11.6 Å². The molecule has 118 valence electrons. The molecule has 2 heterocycles. The van der Waals surface area contributed by atoms with Gasteiger partial charge >= 0.3 is 6.01 Å². The van der Waals surface area contributed by atoms with Crippen molar-refractivity contribution < 1.29 is 9.13 Å². The van der Waals surface area contributed by atoms with Gasteiger partial charge in [-0.25, -0.2) is 9.37 Å². The fourth-order valence-electron chi connectivity index (χ4n) is 2.01. The second-order valence-corrected chi connectivity index (χ2v) is 5.17. The van der Waals surface area contributed by atoms with E-state index >= 15 is 0 Å². The van der Waals surface area contributed by atoms with Crippen molar-refractivity contribution in [3.8, 4) is 17.4 Å². The molecule has 7 nitrogen and oxygen atoms in total. The largest absolute Gasteiger partial charge is 0.467 e. The van der Waals surface area contributed by atoms with Gasteiger partial charge in [0.05, 0.1) is 7.11 Å². The summed E-state index contributed by atoms with van der Waals surface area (Å²) in [5.74, 6) is 0.566. The Morgan fingerprint density at radius 2 is 1.78 bits per heavy atom. The molecule has 0 aliphatic rings. The van der Waals surface area contributed by atoms with Crippen LogP contribution in [0, 0.1) is 5.82 Å². The first-order chi connectivity index (χ1) is 11.1. The molecule has 2 aromatic heterocycles. The van der Waals surface area contributed by atoms with E-state index in [1.54, 1.807) is 12.1 Å². The number of hydrogen-bond donors (Lipinski definition) is 1. The van der Waals surface area contributed by atoms with E-state index in [9.17, 15) is 4.39 Å². The van der Waals surface area contributed by atoms with Crippen LogP contribution >= 0.6 is 0 Å². The van der Waals surface area contributed by atoms with Crippen molar-refractivity contribution in [2.75, 3.05) is 12.4 Å². The van der Waals surface area contributed by atoms with E-state index in [0.717, 1.165) is 0 Å². The number of ether oxygens (including phenoxy) is 1. The lowest BCUT2D eigenvalue weighted by molar-refractivity contribution is 0.382. The van der Waals surface area contributed by atoms with Gasteiger partial charge in [0.2, 0.25) is 5.65 Å². The molecule has 0 bridgehead atoms. The zero-order valence-electron chi connectivity index (χ0n) is 12.9. The molecule has 3 rings (SSSR count). The quantitative estimate of drug-likeness (QED) is 0.791. The van der Waals surface area contributed by atoms with Crippen LogP contribution in [0.3, 0.4) is 0 Å². The zero-order chi connectivity index (χ0) is 16.4. The highest BCUT2D eigenvalue weighted by molar-refractivity contribution is 5.83. The van der Waals surface area contributed by atoms with E-state index in [1.807, 2.05) is 13.8 Å². The smallest absolute Gasteiger partial charge is 0.320 e. The van der Waals surface area contributed by atoms with E-state index in [4.69, 9.17) is 4.74 Å². The molecule has 0 fully saturated rings. The van der Waals surface area contributed by atoms with Crippen molar-refractivity contribution in [2.24, 2.45) is 0 Å². The third-order valence-electron chi connectivity index (χ3n) is 3.01. The molecule has 1 aromatic carbocycles. The van der Waals surface area contributed by atoms with Crippen molar-refractivity contribution in [1.29, 1.82) is 0 Å². The number of aromatic nitrogens is 5. The zero-order valence-corrected chi connectivity index (χ0v) is 12.9. The SMILES string of the molecule is COc1nc(NC(C)C)c2nc(-c3ccc(F)cc3)nnc2n1. The van der Waals surface area contributed by atoms with Gasteiger partial charge in [-0.2, -0.15) is 9.97 Å². The molecule has 0 unspecified atom stereocenters. The van der Waals surface area contributed by atoms with E-state index in [-0.39, 0.29) is 17.9 Å². The Morgan fingerprint density at radius 3 is 2.43 bits per heavy atom. The first kappa shape index (κ1) is 15.0. The van der Waals surface area contributed by atoms with Crippen LogP contribution in [0.5, 0.6) is 6.01 Å². The molecule has 23 heavy (non-hydrogen) atoms. The molecular formula is C15H15FN6O. The van der Waals surface area contributed by atoms with Crippen LogP contribution in [-0.4, -0.2) is 38.3 Å². The summed E-state index contributed by atoms with van der Waals surface area (Å²) in [7, 11) is 1.48. The van der Waals surface area contributed by atoms with Crippen molar-refractivity contribution in [3.05, 3.63) is 30.1 Å². The van der Waals surface area contributed by atoms with Gasteiger partial charge in [-0.15, -0.1) is 10.2 Å². The number of hydrogen-bond acceptors (Lipinski definition) is 7. The molecular weight excluding hydrogens is 299 g/mol. The van der Waals surface area contributed by atoms with Crippen LogP contribution < -0.4 is 10.1 Å². The number of benzene rings is 1. The van der Waals surface area contributed by atoms with E-state index in [0.29, 0.717) is 28.4 Å². The molecule has 1 N–H and O–H groups in total. The van der Waals surface area contributed by atoms with Crippen molar-refractivity contribution in [3.63, 3.8) is 0 Å². The van der Waals surface area contributed by atoms with Gasteiger partial charge in [0.25, 0.3) is 0 Å². The summed E-state index contributed by atoms with van der Waals surface area (Å²) in [4.78, 5) is 12.9. The van der Waals surface area contributed by atoms with Crippen molar-refractivity contribution >= 4 is 17.0 Å². The molecule has 0 amide bonds. The Kier molecular flexibility index (Phi) is 3.96. The number of nitrogens with zero attached hydrogens (tertiary/aromatic N) is 5. The Balaban J connectivity index is 2.15. The lowest BCUT2D eigenvalue weighted by Gasteiger charge is -2.11. The average molecular weight is 314 g/mol. The molecule has 0 atom stereocenters. The molecule has 0 spiro atoms. The lowest BCUT2D eigenvalue weighted by Crippen LogP contribution is -2.13. The van der Waals surface area contributed by atoms with Crippen molar-refractivity contribution in [2.45, 2.75) is 19.9 Å². The van der Waals surface area contributed by atoms with Gasteiger partial charge in [-0.1, -0.05) is 0 Å². The molecule has 0 radical (unpaired) electrons. The Labute approximate surface area is 132 Å². The van der Waals surface area contributed by atoms with Crippen LogP contribution in [0.25, 0.3) is 22.6 Å². The number of fused-ring (bicyclic) bond motifs is 1. The van der Waals surface area contributed by atoms with Crippen LogP contribution in [0.2, 0.25) is 0 Å². The Hall–Kier alpha value is -2.90. The first-order valence-corrected chi connectivity index (χ1v) is 7.05. The molecule has 0 saturated heterocycles.